The van der Waals surface area contributed by atoms with Gasteiger partial charge in [-0.15, -0.1) is 0 Å². The van der Waals surface area contributed by atoms with Gasteiger partial charge in [0.05, 0.1) is 0 Å². The zero-order valence-electron chi connectivity index (χ0n) is 14.1. The second-order valence-electron chi connectivity index (χ2n) is 5.71. The van der Waals surface area contributed by atoms with Crippen molar-refractivity contribution in [3.05, 3.63) is 58.6 Å². The van der Waals surface area contributed by atoms with Gasteiger partial charge in [0.1, 0.15) is 5.41 Å². The van der Waals surface area contributed by atoms with Gasteiger partial charge in [0, 0.05) is 21.4 Å². The van der Waals surface area contributed by atoms with Crippen LogP contribution in [0.5, 0.6) is 0 Å². The van der Waals surface area contributed by atoms with Crippen LogP contribution in [0.3, 0.4) is 0 Å². The van der Waals surface area contributed by atoms with E-state index in [1.165, 1.54) is 0 Å². The predicted molar refractivity (Wildman–Crippen MR) is 103 cm³/mol. The van der Waals surface area contributed by atoms with E-state index in [2.05, 4.69) is 10.6 Å². The Labute approximate surface area is 157 Å². The molecule has 0 saturated carbocycles. The van der Waals surface area contributed by atoms with Crippen LogP contribution >= 0.6 is 23.2 Å². The number of carbonyl (C=O) groups excluding carboxylic acids is 2. The Kier molecular flexibility index (Phi) is 6.45. The van der Waals surface area contributed by atoms with Gasteiger partial charge in [0.2, 0.25) is 11.8 Å². The van der Waals surface area contributed by atoms with Crippen molar-refractivity contribution in [2.75, 3.05) is 10.6 Å². The maximum absolute atomic E-state index is 12.8. The molecule has 25 heavy (non-hydrogen) atoms. The maximum atomic E-state index is 12.8. The fourth-order valence-corrected chi connectivity index (χ4v) is 2.82. The molecule has 2 aromatic rings. The van der Waals surface area contributed by atoms with E-state index in [4.69, 9.17) is 23.2 Å². The van der Waals surface area contributed by atoms with Crippen LogP contribution in [0.4, 0.5) is 11.4 Å². The van der Waals surface area contributed by atoms with Crippen LogP contribution in [0.1, 0.15) is 26.7 Å². The lowest BCUT2D eigenvalue weighted by atomic mass is 9.80. The highest BCUT2D eigenvalue weighted by Gasteiger charge is 2.42. The molecule has 0 saturated heterocycles. The highest BCUT2D eigenvalue weighted by Crippen LogP contribution is 2.31. The third-order valence-electron chi connectivity index (χ3n) is 4.28. The average molecular weight is 379 g/mol. The van der Waals surface area contributed by atoms with Gasteiger partial charge in [-0.3, -0.25) is 9.59 Å². The van der Waals surface area contributed by atoms with E-state index in [1.807, 2.05) is 13.8 Å². The summed E-state index contributed by atoms with van der Waals surface area (Å²) in [5.74, 6) is -0.683. The van der Waals surface area contributed by atoms with E-state index >= 15 is 0 Å². The summed E-state index contributed by atoms with van der Waals surface area (Å²) >= 11 is 11.7. The average Bonchev–Trinajstić information content (AvgIpc) is 2.60. The molecule has 0 aliphatic heterocycles. The lowest BCUT2D eigenvalue weighted by molar-refractivity contribution is -0.137. The Morgan fingerprint density at radius 3 is 1.36 bits per heavy atom. The van der Waals surface area contributed by atoms with E-state index < -0.39 is 5.41 Å². The Morgan fingerprint density at radius 1 is 0.760 bits per heavy atom. The molecule has 6 heteroatoms. The fourth-order valence-electron chi connectivity index (χ4n) is 2.56. The lowest BCUT2D eigenvalue weighted by Crippen LogP contribution is -2.45. The predicted octanol–water partition coefficient (Wildman–Crippen LogP) is 5.38. The number of anilines is 2. The molecule has 0 fully saturated rings. The molecule has 0 spiro atoms. The number of halogens is 2. The Morgan fingerprint density at radius 2 is 1.08 bits per heavy atom. The molecule has 0 atom stereocenters. The fraction of sp³-hybridized carbons (Fsp3) is 0.263. The molecule has 2 rings (SSSR count). The minimum absolute atomic E-state index is 0.341. The molecular formula is C19H20Cl2N2O2. The first-order chi connectivity index (χ1) is 11.9. The number of hydrogen-bond donors (Lipinski definition) is 2. The maximum Gasteiger partial charge on any atom is 0.240 e. The van der Waals surface area contributed by atoms with E-state index in [-0.39, 0.29) is 11.8 Å². The summed E-state index contributed by atoms with van der Waals surface area (Å²) in [7, 11) is 0. The Balaban J connectivity index is 2.20. The number of benzene rings is 2. The van der Waals surface area contributed by atoms with Crippen LogP contribution in [0.25, 0.3) is 0 Å². The summed E-state index contributed by atoms with van der Waals surface area (Å²) in [6.07, 6.45) is 0.755. The van der Waals surface area contributed by atoms with Crippen LogP contribution in [0.2, 0.25) is 10.0 Å². The molecule has 0 aliphatic carbocycles. The monoisotopic (exact) mass is 378 g/mol. The summed E-state index contributed by atoms with van der Waals surface area (Å²) in [6.45, 7) is 3.65. The minimum atomic E-state index is -1.17. The van der Waals surface area contributed by atoms with Crippen molar-refractivity contribution in [3.8, 4) is 0 Å². The van der Waals surface area contributed by atoms with Crippen LogP contribution in [-0.2, 0) is 9.59 Å². The molecule has 132 valence electrons. The van der Waals surface area contributed by atoms with Crippen LogP contribution in [0, 0.1) is 5.41 Å². The van der Waals surface area contributed by atoms with Gasteiger partial charge in [0.25, 0.3) is 0 Å². The molecule has 2 aromatic carbocycles. The SMILES string of the molecule is CCC(CC)(C(=O)Nc1ccc(Cl)cc1)C(=O)Nc1ccc(Cl)cc1. The highest BCUT2D eigenvalue weighted by molar-refractivity contribution is 6.31. The molecule has 2 amide bonds. The van der Waals surface area contributed by atoms with Crippen molar-refractivity contribution >= 4 is 46.4 Å². The zero-order chi connectivity index (χ0) is 18.4. The number of rotatable bonds is 6. The van der Waals surface area contributed by atoms with Crippen LogP contribution in [-0.4, -0.2) is 11.8 Å². The number of carbonyl (C=O) groups is 2. The van der Waals surface area contributed by atoms with Gasteiger partial charge < -0.3 is 10.6 Å². The molecular weight excluding hydrogens is 359 g/mol. The smallest absolute Gasteiger partial charge is 0.240 e. The molecule has 0 heterocycles. The standard InChI is InChI=1S/C19H20Cl2N2O2/c1-3-19(4-2,17(24)22-15-9-5-13(20)6-10-15)18(25)23-16-11-7-14(21)8-12-16/h5-12H,3-4H2,1-2H3,(H,22,24)(H,23,25). The van der Waals surface area contributed by atoms with Gasteiger partial charge in [0.15, 0.2) is 0 Å². The van der Waals surface area contributed by atoms with Crippen molar-refractivity contribution in [2.45, 2.75) is 26.7 Å². The Hall–Kier alpha value is -2.04. The lowest BCUT2D eigenvalue weighted by Gasteiger charge is -2.29. The summed E-state index contributed by atoms with van der Waals surface area (Å²) in [6, 6.07) is 13.5. The Bertz CT molecular complexity index is 678. The number of hydrogen-bond acceptors (Lipinski definition) is 2. The topological polar surface area (TPSA) is 58.2 Å². The number of nitrogens with one attached hydrogen (secondary N) is 2. The molecule has 0 unspecified atom stereocenters. The van der Waals surface area contributed by atoms with Gasteiger partial charge in [-0.2, -0.15) is 0 Å². The highest BCUT2D eigenvalue weighted by atomic mass is 35.5. The number of amides is 2. The van der Waals surface area contributed by atoms with Gasteiger partial charge >= 0.3 is 0 Å². The second-order valence-corrected chi connectivity index (χ2v) is 6.58. The second kappa shape index (κ2) is 8.37. The molecule has 2 N–H and O–H groups in total. The largest absolute Gasteiger partial charge is 0.325 e. The minimum Gasteiger partial charge on any atom is -0.325 e. The van der Waals surface area contributed by atoms with E-state index in [0.717, 1.165) is 0 Å². The van der Waals surface area contributed by atoms with Crippen molar-refractivity contribution in [1.29, 1.82) is 0 Å². The summed E-state index contributed by atoms with van der Waals surface area (Å²) in [5, 5.41) is 6.78. The van der Waals surface area contributed by atoms with E-state index in [9.17, 15) is 9.59 Å². The van der Waals surface area contributed by atoms with Crippen LogP contribution < -0.4 is 10.6 Å². The summed E-state index contributed by atoms with van der Waals surface area (Å²) < 4.78 is 0. The van der Waals surface area contributed by atoms with E-state index in [1.54, 1.807) is 48.5 Å². The first kappa shape index (κ1) is 19.3. The zero-order valence-corrected chi connectivity index (χ0v) is 15.6. The molecule has 4 nitrogen and oxygen atoms in total. The first-order valence-corrected chi connectivity index (χ1v) is 8.81. The van der Waals surface area contributed by atoms with Gasteiger partial charge in [-0.25, -0.2) is 0 Å². The van der Waals surface area contributed by atoms with Crippen molar-refractivity contribution in [1.82, 2.24) is 0 Å². The third-order valence-corrected chi connectivity index (χ3v) is 4.78. The summed E-state index contributed by atoms with van der Waals surface area (Å²) in [4.78, 5) is 25.7. The van der Waals surface area contributed by atoms with Gasteiger partial charge in [-0.1, -0.05) is 37.0 Å². The quantitative estimate of drug-likeness (QED) is 0.663. The van der Waals surface area contributed by atoms with Crippen LogP contribution in [0.15, 0.2) is 48.5 Å². The molecule has 0 aromatic heterocycles. The third kappa shape index (κ3) is 4.53. The van der Waals surface area contributed by atoms with Crippen molar-refractivity contribution < 1.29 is 9.59 Å². The summed E-state index contributed by atoms with van der Waals surface area (Å²) in [5.41, 5.74) is 0.0270. The normalized spacial score (nSPS) is 11.0. The van der Waals surface area contributed by atoms with Crippen molar-refractivity contribution in [2.24, 2.45) is 5.41 Å². The first-order valence-electron chi connectivity index (χ1n) is 8.05. The molecule has 0 radical (unpaired) electrons. The molecule has 0 bridgehead atoms. The molecule has 0 aliphatic rings. The van der Waals surface area contributed by atoms with Crippen molar-refractivity contribution in [3.63, 3.8) is 0 Å². The van der Waals surface area contributed by atoms with E-state index in [0.29, 0.717) is 34.3 Å². The van der Waals surface area contributed by atoms with Gasteiger partial charge in [-0.05, 0) is 61.4 Å².